The third-order valence-electron chi connectivity index (χ3n) is 2.71. The second-order valence-electron chi connectivity index (χ2n) is 4.59. The lowest BCUT2D eigenvalue weighted by Crippen LogP contribution is -2.35. The van der Waals surface area contributed by atoms with Gasteiger partial charge in [-0.05, 0) is 25.5 Å². The second-order valence-corrected chi connectivity index (χ2v) is 4.59. The van der Waals surface area contributed by atoms with Gasteiger partial charge < -0.3 is 5.11 Å². The topological polar surface area (TPSA) is 40.5 Å². The fraction of sp³-hybridized carbons (Fsp3) is 0.462. The molecule has 0 heterocycles. The van der Waals surface area contributed by atoms with Crippen molar-refractivity contribution in [3.05, 3.63) is 35.4 Å². The molecule has 19 heavy (non-hydrogen) atoms. The molecule has 0 saturated heterocycles. The van der Waals surface area contributed by atoms with Gasteiger partial charge in [0.15, 0.2) is 0 Å². The quantitative estimate of drug-likeness (QED) is 0.898. The molecule has 6 heteroatoms. The third-order valence-corrected chi connectivity index (χ3v) is 2.71. The molecular formula is C13H16F3NO2. The molecule has 0 radical (unpaired) electrons. The lowest BCUT2D eigenvalue weighted by Gasteiger charge is -2.24. The highest BCUT2D eigenvalue weighted by Gasteiger charge is 2.30. The van der Waals surface area contributed by atoms with E-state index in [0.29, 0.717) is 5.56 Å². The molecule has 3 nitrogen and oxygen atoms in total. The van der Waals surface area contributed by atoms with Crippen LogP contribution in [0.4, 0.5) is 13.2 Å². The number of carboxylic acids is 1. The number of hydrogen-bond donors (Lipinski definition) is 1. The summed E-state index contributed by atoms with van der Waals surface area (Å²) in [5.41, 5.74) is -0.270. The fourth-order valence-electron chi connectivity index (χ4n) is 1.68. The van der Waals surface area contributed by atoms with Crippen molar-refractivity contribution < 1.29 is 23.1 Å². The molecule has 0 fully saturated rings. The molecular weight excluding hydrogens is 259 g/mol. The van der Waals surface area contributed by atoms with E-state index in [4.69, 9.17) is 5.11 Å². The summed E-state index contributed by atoms with van der Waals surface area (Å²) in [4.78, 5) is 12.3. The maximum atomic E-state index is 12.6. The third kappa shape index (κ3) is 4.90. The number of carbonyl (C=O) groups is 1. The number of alkyl halides is 3. The number of rotatable bonds is 5. The van der Waals surface area contributed by atoms with Gasteiger partial charge in [-0.15, -0.1) is 0 Å². The van der Waals surface area contributed by atoms with Crippen LogP contribution in [0.15, 0.2) is 24.3 Å². The van der Waals surface area contributed by atoms with Crippen molar-refractivity contribution in [2.45, 2.75) is 32.6 Å². The molecule has 0 atom stereocenters. The van der Waals surface area contributed by atoms with Crippen LogP contribution >= 0.6 is 0 Å². The van der Waals surface area contributed by atoms with Crippen LogP contribution in [0.25, 0.3) is 0 Å². The van der Waals surface area contributed by atoms with Gasteiger partial charge in [0.25, 0.3) is 0 Å². The molecule has 1 N–H and O–H groups in total. The van der Waals surface area contributed by atoms with E-state index in [2.05, 4.69) is 0 Å². The van der Waals surface area contributed by atoms with E-state index < -0.39 is 17.7 Å². The molecule has 0 unspecified atom stereocenters. The van der Waals surface area contributed by atoms with Crippen molar-refractivity contribution in [3.8, 4) is 0 Å². The molecule has 0 aliphatic carbocycles. The molecule has 0 spiro atoms. The Kier molecular flexibility index (Phi) is 4.94. The highest BCUT2D eigenvalue weighted by atomic mass is 19.4. The lowest BCUT2D eigenvalue weighted by molar-refractivity contribution is -0.139. The summed E-state index contributed by atoms with van der Waals surface area (Å²) < 4.78 is 37.7. The van der Waals surface area contributed by atoms with Gasteiger partial charge in [-0.1, -0.05) is 18.2 Å². The molecule has 0 bridgehead atoms. The Morgan fingerprint density at radius 1 is 1.37 bits per heavy atom. The normalized spacial score (nSPS) is 12.2. The summed E-state index contributed by atoms with van der Waals surface area (Å²) in [5.74, 6) is -0.999. The van der Waals surface area contributed by atoms with Crippen molar-refractivity contribution in [2.75, 3.05) is 6.54 Å². The van der Waals surface area contributed by atoms with Crippen molar-refractivity contribution in [2.24, 2.45) is 0 Å². The zero-order chi connectivity index (χ0) is 14.6. The zero-order valence-corrected chi connectivity index (χ0v) is 10.7. The Morgan fingerprint density at radius 3 is 2.47 bits per heavy atom. The van der Waals surface area contributed by atoms with E-state index in [-0.39, 0.29) is 19.1 Å². The molecule has 0 aromatic heterocycles. The first-order chi connectivity index (χ1) is 8.70. The number of aliphatic carboxylic acids is 1. The van der Waals surface area contributed by atoms with E-state index in [1.54, 1.807) is 24.8 Å². The minimum Gasteiger partial charge on any atom is -0.480 e. The Bertz CT molecular complexity index is 444. The minimum atomic E-state index is -4.38. The van der Waals surface area contributed by atoms with Crippen LogP contribution in [0.2, 0.25) is 0 Å². The van der Waals surface area contributed by atoms with Crippen LogP contribution in [-0.4, -0.2) is 28.6 Å². The summed E-state index contributed by atoms with van der Waals surface area (Å²) >= 11 is 0. The largest absolute Gasteiger partial charge is 0.480 e. The second kappa shape index (κ2) is 6.06. The number of halogens is 3. The van der Waals surface area contributed by atoms with Crippen LogP contribution < -0.4 is 0 Å². The predicted octanol–water partition coefficient (Wildman–Crippen LogP) is 3.00. The van der Waals surface area contributed by atoms with Crippen molar-refractivity contribution in [1.29, 1.82) is 0 Å². The number of benzene rings is 1. The average molecular weight is 275 g/mol. The highest BCUT2D eigenvalue weighted by Crippen LogP contribution is 2.29. The SMILES string of the molecule is CC(C)N(CC(=O)O)Cc1cccc(C(F)(F)F)c1. The van der Waals surface area contributed by atoms with E-state index in [9.17, 15) is 18.0 Å². The first kappa shape index (κ1) is 15.5. The van der Waals surface area contributed by atoms with E-state index in [1.165, 1.54) is 6.07 Å². The smallest absolute Gasteiger partial charge is 0.416 e. The van der Waals surface area contributed by atoms with Gasteiger partial charge >= 0.3 is 12.1 Å². The Hall–Kier alpha value is -1.56. The van der Waals surface area contributed by atoms with Crippen LogP contribution in [0.3, 0.4) is 0 Å². The van der Waals surface area contributed by atoms with Gasteiger partial charge in [-0.3, -0.25) is 9.69 Å². The fourth-order valence-corrected chi connectivity index (χ4v) is 1.68. The zero-order valence-electron chi connectivity index (χ0n) is 10.7. The molecule has 0 aliphatic heterocycles. The number of carboxylic acid groups (broad SMARTS) is 1. The summed E-state index contributed by atoms with van der Waals surface area (Å²) in [6, 6.07) is 4.88. The lowest BCUT2D eigenvalue weighted by atomic mass is 10.1. The van der Waals surface area contributed by atoms with E-state index >= 15 is 0 Å². The van der Waals surface area contributed by atoms with Crippen molar-refractivity contribution in [3.63, 3.8) is 0 Å². The van der Waals surface area contributed by atoms with Gasteiger partial charge in [0.05, 0.1) is 12.1 Å². The maximum absolute atomic E-state index is 12.6. The molecule has 1 aromatic carbocycles. The van der Waals surface area contributed by atoms with Gasteiger partial charge in [0.1, 0.15) is 0 Å². The average Bonchev–Trinajstić information content (AvgIpc) is 2.26. The standard InChI is InChI=1S/C13H16F3NO2/c1-9(2)17(8-12(18)19)7-10-4-3-5-11(6-10)13(14,15)16/h3-6,9H,7-8H2,1-2H3,(H,18,19). The predicted molar refractivity (Wildman–Crippen MR) is 64.6 cm³/mol. The van der Waals surface area contributed by atoms with Gasteiger partial charge in [0, 0.05) is 12.6 Å². The van der Waals surface area contributed by atoms with Gasteiger partial charge in [0.2, 0.25) is 0 Å². The number of hydrogen-bond acceptors (Lipinski definition) is 2. The first-order valence-corrected chi connectivity index (χ1v) is 5.82. The first-order valence-electron chi connectivity index (χ1n) is 5.82. The van der Waals surface area contributed by atoms with Crippen LogP contribution in [0.1, 0.15) is 25.0 Å². The van der Waals surface area contributed by atoms with Crippen molar-refractivity contribution >= 4 is 5.97 Å². The van der Waals surface area contributed by atoms with E-state index in [0.717, 1.165) is 12.1 Å². The molecule has 0 aliphatic rings. The molecule has 0 saturated carbocycles. The molecule has 0 amide bonds. The van der Waals surface area contributed by atoms with Crippen LogP contribution in [-0.2, 0) is 17.5 Å². The van der Waals surface area contributed by atoms with E-state index in [1.807, 2.05) is 0 Å². The van der Waals surface area contributed by atoms with Crippen LogP contribution in [0, 0.1) is 0 Å². The Morgan fingerprint density at radius 2 is 2.00 bits per heavy atom. The molecule has 1 aromatic rings. The summed E-state index contributed by atoms with van der Waals surface area (Å²) in [5, 5.41) is 8.77. The summed E-state index contributed by atoms with van der Waals surface area (Å²) in [7, 11) is 0. The summed E-state index contributed by atoms with van der Waals surface area (Å²) in [6.45, 7) is 3.58. The van der Waals surface area contributed by atoms with Crippen molar-refractivity contribution in [1.82, 2.24) is 4.90 Å². The van der Waals surface area contributed by atoms with Gasteiger partial charge in [-0.25, -0.2) is 0 Å². The maximum Gasteiger partial charge on any atom is 0.416 e. The Balaban J connectivity index is 2.88. The minimum absolute atomic E-state index is 0.0642. The summed E-state index contributed by atoms with van der Waals surface area (Å²) in [6.07, 6.45) is -4.38. The highest BCUT2D eigenvalue weighted by molar-refractivity contribution is 5.69. The van der Waals surface area contributed by atoms with Gasteiger partial charge in [-0.2, -0.15) is 13.2 Å². The number of nitrogens with zero attached hydrogens (tertiary/aromatic N) is 1. The monoisotopic (exact) mass is 275 g/mol. The van der Waals surface area contributed by atoms with Crippen LogP contribution in [0.5, 0.6) is 0 Å². The molecule has 106 valence electrons. The Labute approximate surface area is 109 Å². The molecule has 1 rings (SSSR count).